The highest BCUT2D eigenvalue weighted by Gasteiger charge is 2.24. The lowest BCUT2D eigenvalue weighted by atomic mass is 10.0. The summed E-state index contributed by atoms with van der Waals surface area (Å²) in [4.78, 5) is 24.5. The number of aryl methyl sites for hydroxylation is 1. The Morgan fingerprint density at radius 3 is 2.28 bits per heavy atom. The zero-order valence-corrected chi connectivity index (χ0v) is 16.1. The van der Waals surface area contributed by atoms with Crippen LogP contribution in [0, 0.1) is 5.92 Å². The normalized spacial score (nSPS) is 12.6. The zero-order chi connectivity index (χ0) is 18.9. The molecule has 0 aliphatic rings. The minimum Gasteiger partial charge on any atom is -0.444 e. The summed E-state index contributed by atoms with van der Waals surface area (Å²) >= 11 is 0. The van der Waals surface area contributed by atoms with E-state index in [2.05, 4.69) is 24.5 Å². The predicted octanol–water partition coefficient (Wildman–Crippen LogP) is 3.67. The van der Waals surface area contributed by atoms with Gasteiger partial charge in [0.25, 0.3) is 0 Å². The minimum atomic E-state index is -0.609. The highest BCUT2D eigenvalue weighted by atomic mass is 16.6. The summed E-state index contributed by atoms with van der Waals surface area (Å²) in [5, 5.41) is 5.62. The molecular weight excluding hydrogens is 316 g/mol. The number of nitrogens with one attached hydrogen (secondary N) is 2. The van der Waals surface area contributed by atoms with Crippen LogP contribution in [0.25, 0.3) is 0 Å². The summed E-state index contributed by atoms with van der Waals surface area (Å²) in [6.45, 7) is 10.2. The van der Waals surface area contributed by atoms with E-state index in [1.54, 1.807) is 20.8 Å². The van der Waals surface area contributed by atoms with Gasteiger partial charge in [-0.25, -0.2) is 4.79 Å². The number of ether oxygens (including phenoxy) is 1. The molecule has 0 bridgehead atoms. The van der Waals surface area contributed by atoms with E-state index < -0.39 is 17.7 Å². The highest BCUT2D eigenvalue weighted by Crippen LogP contribution is 2.09. The molecule has 1 rings (SSSR count). The predicted molar refractivity (Wildman–Crippen MR) is 100 cm³/mol. The first kappa shape index (κ1) is 21.0. The summed E-state index contributed by atoms with van der Waals surface area (Å²) in [5.74, 6) is 0.351. The van der Waals surface area contributed by atoms with Crippen LogP contribution < -0.4 is 10.6 Å². The Bertz CT molecular complexity index is 536. The van der Waals surface area contributed by atoms with Crippen LogP contribution in [0.3, 0.4) is 0 Å². The van der Waals surface area contributed by atoms with Gasteiger partial charge in [0, 0.05) is 6.54 Å². The second kappa shape index (κ2) is 10.1. The number of alkyl carbamates (subject to hydrolysis) is 1. The van der Waals surface area contributed by atoms with Crippen molar-refractivity contribution in [2.45, 2.75) is 65.5 Å². The van der Waals surface area contributed by atoms with Gasteiger partial charge in [0.15, 0.2) is 0 Å². The highest BCUT2D eigenvalue weighted by molar-refractivity contribution is 5.85. The Labute approximate surface area is 151 Å². The van der Waals surface area contributed by atoms with Crippen molar-refractivity contribution in [3.05, 3.63) is 35.9 Å². The molecule has 0 saturated heterocycles. The molecule has 0 saturated carbocycles. The molecule has 0 fully saturated rings. The first-order valence-corrected chi connectivity index (χ1v) is 8.98. The molecule has 5 nitrogen and oxygen atoms in total. The Morgan fingerprint density at radius 1 is 1.08 bits per heavy atom. The number of hydrogen-bond acceptors (Lipinski definition) is 3. The standard InChI is InChI=1S/C20H32N2O3/c1-15(2)13-14-21-18(23)17(22-19(24)25-20(3,4)5)12-11-16-9-7-6-8-10-16/h6-10,15,17H,11-14H2,1-5H3,(H,21,23)(H,22,24)/t17-/m0/s1. The van der Waals surface area contributed by atoms with Gasteiger partial charge in [-0.05, 0) is 51.5 Å². The molecule has 1 atom stereocenters. The van der Waals surface area contributed by atoms with Crippen LogP contribution in [0.1, 0.15) is 53.0 Å². The first-order valence-electron chi connectivity index (χ1n) is 8.98. The van der Waals surface area contributed by atoms with E-state index in [9.17, 15) is 9.59 Å². The summed E-state index contributed by atoms with van der Waals surface area (Å²) in [5.41, 5.74) is 0.538. The Hall–Kier alpha value is -2.04. The molecule has 0 unspecified atom stereocenters. The van der Waals surface area contributed by atoms with E-state index >= 15 is 0 Å². The van der Waals surface area contributed by atoms with Gasteiger partial charge in [-0.1, -0.05) is 44.2 Å². The molecule has 2 N–H and O–H groups in total. The second-order valence-electron chi connectivity index (χ2n) is 7.70. The van der Waals surface area contributed by atoms with E-state index in [0.29, 0.717) is 25.3 Å². The molecule has 140 valence electrons. The van der Waals surface area contributed by atoms with Gasteiger partial charge >= 0.3 is 6.09 Å². The lowest BCUT2D eigenvalue weighted by Crippen LogP contribution is -2.48. The van der Waals surface area contributed by atoms with Gasteiger partial charge in [0.2, 0.25) is 5.91 Å². The molecule has 1 aromatic rings. The number of benzene rings is 1. The number of amides is 2. The van der Waals surface area contributed by atoms with Crippen LogP contribution in [0.4, 0.5) is 4.79 Å². The lowest BCUT2D eigenvalue weighted by molar-refractivity contribution is -0.123. The van der Waals surface area contributed by atoms with Crippen molar-refractivity contribution >= 4 is 12.0 Å². The van der Waals surface area contributed by atoms with Gasteiger partial charge in [0.1, 0.15) is 11.6 Å². The molecule has 1 aromatic carbocycles. The zero-order valence-electron chi connectivity index (χ0n) is 16.1. The molecule has 0 radical (unpaired) electrons. The third-order valence-corrected chi connectivity index (χ3v) is 3.59. The van der Waals surface area contributed by atoms with Crippen molar-refractivity contribution in [3.8, 4) is 0 Å². The molecule has 0 aliphatic heterocycles. The molecule has 25 heavy (non-hydrogen) atoms. The van der Waals surface area contributed by atoms with Crippen LogP contribution in [0.2, 0.25) is 0 Å². The molecular formula is C20H32N2O3. The topological polar surface area (TPSA) is 67.4 Å². The average Bonchev–Trinajstić information content (AvgIpc) is 2.50. The van der Waals surface area contributed by atoms with Crippen molar-refractivity contribution in [1.29, 1.82) is 0 Å². The van der Waals surface area contributed by atoms with E-state index in [4.69, 9.17) is 4.74 Å². The Balaban J connectivity index is 2.64. The average molecular weight is 348 g/mol. The second-order valence-corrected chi connectivity index (χ2v) is 7.70. The lowest BCUT2D eigenvalue weighted by Gasteiger charge is -2.23. The van der Waals surface area contributed by atoms with Crippen molar-refractivity contribution < 1.29 is 14.3 Å². The molecule has 5 heteroatoms. The smallest absolute Gasteiger partial charge is 0.408 e. The summed E-state index contributed by atoms with van der Waals surface area (Å²) in [7, 11) is 0. The van der Waals surface area contributed by atoms with Crippen molar-refractivity contribution in [2.24, 2.45) is 5.92 Å². The summed E-state index contributed by atoms with van der Waals surface area (Å²) < 4.78 is 5.28. The molecule has 0 aromatic heterocycles. The Kier molecular flexibility index (Phi) is 8.46. The maximum atomic E-state index is 12.5. The fourth-order valence-corrected chi connectivity index (χ4v) is 2.28. The fraction of sp³-hybridized carbons (Fsp3) is 0.600. The van der Waals surface area contributed by atoms with Gasteiger partial charge < -0.3 is 15.4 Å². The number of carbonyl (C=O) groups excluding carboxylic acids is 2. The largest absolute Gasteiger partial charge is 0.444 e. The SMILES string of the molecule is CC(C)CCNC(=O)[C@H](CCc1ccccc1)NC(=O)OC(C)(C)C. The van der Waals surface area contributed by atoms with E-state index in [-0.39, 0.29) is 5.91 Å². The monoisotopic (exact) mass is 348 g/mol. The molecule has 0 heterocycles. The number of carbonyl (C=O) groups is 2. The Morgan fingerprint density at radius 2 is 1.72 bits per heavy atom. The van der Waals surface area contributed by atoms with E-state index in [1.165, 1.54) is 0 Å². The van der Waals surface area contributed by atoms with Gasteiger partial charge in [-0.3, -0.25) is 4.79 Å². The summed E-state index contributed by atoms with van der Waals surface area (Å²) in [6, 6.07) is 9.31. The quantitative estimate of drug-likeness (QED) is 0.753. The van der Waals surface area contributed by atoms with Crippen LogP contribution in [0.15, 0.2) is 30.3 Å². The fourth-order valence-electron chi connectivity index (χ4n) is 2.28. The van der Waals surface area contributed by atoms with Crippen LogP contribution >= 0.6 is 0 Å². The first-order chi connectivity index (χ1) is 11.7. The van der Waals surface area contributed by atoms with Gasteiger partial charge in [0.05, 0.1) is 0 Å². The maximum absolute atomic E-state index is 12.5. The summed E-state index contributed by atoms with van der Waals surface area (Å²) in [6.07, 6.45) is 1.57. The minimum absolute atomic E-state index is 0.164. The van der Waals surface area contributed by atoms with Gasteiger partial charge in [-0.15, -0.1) is 0 Å². The van der Waals surface area contributed by atoms with Crippen LogP contribution in [-0.2, 0) is 16.0 Å². The third kappa shape index (κ3) is 9.75. The van der Waals surface area contributed by atoms with E-state index in [0.717, 1.165) is 12.0 Å². The van der Waals surface area contributed by atoms with Gasteiger partial charge in [-0.2, -0.15) is 0 Å². The number of rotatable bonds is 8. The third-order valence-electron chi connectivity index (χ3n) is 3.59. The van der Waals surface area contributed by atoms with Crippen molar-refractivity contribution in [2.75, 3.05) is 6.54 Å². The van der Waals surface area contributed by atoms with E-state index in [1.807, 2.05) is 30.3 Å². The molecule has 0 spiro atoms. The maximum Gasteiger partial charge on any atom is 0.408 e. The number of hydrogen-bond donors (Lipinski definition) is 2. The van der Waals surface area contributed by atoms with Crippen molar-refractivity contribution in [3.63, 3.8) is 0 Å². The molecule has 2 amide bonds. The van der Waals surface area contributed by atoms with Crippen LogP contribution in [0.5, 0.6) is 0 Å². The van der Waals surface area contributed by atoms with Crippen LogP contribution in [-0.4, -0.2) is 30.2 Å². The van der Waals surface area contributed by atoms with Crippen molar-refractivity contribution in [1.82, 2.24) is 10.6 Å². The molecule has 0 aliphatic carbocycles.